The standard InChI is InChI=1S/C17H14N2OS2/c20-17(14-7-9-21-12-14)19-15-3-5-16(6-4-15)22-11-13-2-1-8-18-10-13/h1-10,12H,11H2,(H,19,20). The van der Waals surface area contributed by atoms with Gasteiger partial charge in [-0.2, -0.15) is 11.3 Å². The molecule has 0 radical (unpaired) electrons. The molecule has 0 aliphatic rings. The van der Waals surface area contributed by atoms with Crippen molar-refractivity contribution in [2.45, 2.75) is 10.6 Å². The SMILES string of the molecule is O=C(Nc1ccc(SCc2cccnc2)cc1)c1ccsc1. The Bertz CT molecular complexity index is 725. The highest BCUT2D eigenvalue weighted by Gasteiger charge is 2.06. The molecule has 22 heavy (non-hydrogen) atoms. The lowest BCUT2D eigenvalue weighted by atomic mass is 10.3. The number of nitrogens with one attached hydrogen (secondary N) is 1. The average molecular weight is 326 g/mol. The summed E-state index contributed by atoms with van der Waals surface area (Å²) >= 11 is 3.26. The number of hydrogen-bond acceptors (Lipinski definition) is 4. The fourth-order valence-electron chi connectivity index (χ4n) is 1.88. The predicted molar refractivity (Wildman–Crippen MR) is 92.5 cm³/mol. The first-order valence-electron chi connectivity index (χ1n) is 6.76. The van der Waals surface area contributed by atoms with E-state index in [4.69, 9.17) is 0 Å². The van der Waals surface area contributed by atoms with E-state index in [9.17, 15) is 4.79 Å². The summed E-state index contributed by atoms with van der Waals surface area (Å²) in [6, 6.07) is 13.7. The second kappa shape index (κ2) is 7.24. The molecule has 0 bridgehead atoms. The maximum absolute atomic E-state index is 12.0. The van der Waals surface area contributed by atoms with Gasteiger partial charge in [0.05, 0.1) is 5.56 Å². The second-order valence-corrected chi connectivity index (χ2v) is 6.47. The van der Waals surface area contributed by atoms with Gasteiger partial charge in [0.15, 0.2) is 0 Å². The van der Waals surface area contributed by atoms with Gasteiger partial charge in [-0.25, -0.2) is 0 Å². The summed E-state index contributed by atoms with van der Waals surface area (Å²) in [6.45, 7) is 0. The van der Waals surface area contributed by atoms with Crippen molar-refractivity contribution in [3.63, 3.8) is 0 Å². The van der Waals surface area contributed by atoms with Gasteiger partial charge in [-0.1, -0.05) is 6.07 Å². The van der Waals surface area contributed by atoms with Crippen molar-refractivity contribution in [2.75, 3.05) is 5.32 Å². The van der Waals surface area contributed by atoms with Crippen molar-refractivity contribution in [2.24, 2.45) is 0 Å². The van der Waals surface area contributed by atoms with Crippen LogP contribution in [0.4, 0.5) is 5.69 Å². The molecular formula is C17H14N2OS2. The summed E-state index contributed by atoms with van der Waals surface area (Å²) in [5.41, 5.74) is 2.70. The van der Waals surface area contributed by atoms with Crippen molar-refractivity contribution >= 4 is 34.7 Å². The average Bonchev–Trinajstić information content (AvgIpc) is 3.10. The zero-order chi connectivity index (χ0) is 15.2. The molecule has 1 N–H and O–H groups in total. The molecule has 0 fully saturated rings. The molecule has 0 saturated carbocycles. The molecule has 3 nitrogen and oxygen atoms in total. The third kappa shape index (κ3) is 3.96. The van der Waals surface area contributed by atoms with E-state index >= 15 is 0 Å². The molecular weight excluding hydrogens is 312 g/mol. The number of nitrogens with zero attached hydrogens (tertiary/aromatic N) is 1. The minimum absolute atomic E-state index is 0.0722. The molecule has 0 aliphatic carbocycles. The second-order valence-electron chi connectivity index (χ2n) is 4.64. The van der Waals surface area contributed by atoms with Crippen LogP contribution in [0, 0.1) is 0 Å². The summed E-state index contributed by atoms with van der Waals surface area (Å²) in [6.07, 6.45) is 3.65. The predicted octanol–water partition coefficient (Wildman–Crippen LogP) is 4.69. The molecule has 0 atom stereocenters. The Morgan fingerprint density at radius 2 is 2.05 bits per heavy atom. The van der Waals surface area contributed by atoms with E-state index in [0.717, 1.165) is 16.3 Å². The first-order valence-corrected chi connectivity index (χ1v) is 8.69. The van der Waals surface area contributed by atoms with E-state index < -0.39 is 0 Å². The number of carbonyl (C=O) groups is 1. The Balaban J connectivity index is 1.57. The summed E-state index contributed by atoms with van der Waals surface area (Å²) < 4.78 is 0. The van der Waals surface area contributed by atoms with Crippen molar-refractivity contribution in [3.05, 3.63) is 76.7 Å². The molecule has 3 rings (SSSR count). The summed E-state index contributed by atoms with van der Waals surface area (Å²) in [7, 11) is 0. The van der Waals surface area contributed by atoms with Crippen LogP contribution in [0.5, 0.6) is 0 Å². The van der Waals surface area contributed by atoms with Crippen molar-refractivity contribution in [3.8, 4) is 0 Å². The molecule has 0 aliphatic heterocycles. The first kappa shape index (κ1) is 14.8. The van der Waals surface area contributed by atoms with Gasteiger partial charge >= 0.3 is 0 Å². The normalized spacial score (nSPS) is 10.4. The Hall–Kier alpha value is -2.11. The molecule has 2 aromatic heterocycles. The number of carbonyl (C=O) groups excluding carboxylic acids is 1. The van der Waals surface area contributed by atoms with E-state index in [0.29, 0.717) is 5.56 Å². The number of aromatic nitrogens is 1. The number of benzene rings is 1. The Kier molecular flexibility index (Phi) is 4.88. The van der Waals surface area contributed by atoms with E-state index in [1.54, 1.807) is 18.0 Å². The van der Waals surface area contributed by atoms with E-state index in [2.05, 4.69) is 16.4 Å². The minimum Gasteiger partial charge on any atom is -0.322 e. The molecule has 2 heterocycles. The number of rotatable bonds is 5. The number of amides is 1. The number of pyridine rings is 1. The van der Waals surface area contributed by atoms with Crippen molar-refractivity contribution in [1.82, 2.24) is 4.98 Å². The van der Waals surface area contributed by atoms with Crippen LogP contribution in [0.1, 0.15) is 15.9 Å². The molecule has 0 saturated heterocycles. The quantitative estimate of drug-likeness (QED) is 0.692. The van der Waals surface area contributed by atoms with Crippen LogP contribution in [0.3, 0.4) is 0 Å². The van der Waals surface area contributed by atoms with Gasteiger partial charge in [0.2, 0.25) is 0 Å². The molecule has 5 heteroatoms. The fourth-order valence-corrected chi connectivity index (χ4v) is 3.35. The molecule has 1 amide bonds. The topological polar surface area (TPSA) is 42.0 Å². The molecule has 110 valence electrons. The largest absolute Gasteiger partial charge is 0.322 e. The van der Waals surface area contributed by atoms with Gasteiger partial charge in [0.1, 0.15) is 0 Å². The number of hydrogen-bond donors (Lipinski definition) is 1. The minimum atomic E-state index is -0.0722. The monoisotopic (exact) mass is 326 g/mol. The lowest BCUT2D eigenvalue weighted by Gasteiger charge is -2.06. The molecule has 3 aromatic rings. The highest BCUT2D eigenvalue weighted by atomic mass is 32.2. The van der Waals surface area contributed by atoms with Crippen LogP contribution in [-0.2, 0) is 5.75 Å². The van der Waals surface area contributed by atoms with Gasteiger partial charge in [-0.3, -0.25) is 9.78 Å². The third-order valence-electron chi connectivity index (χ3n) is 3.02. The summed E-state index contributed by atoms with van der Waals surface area (Å²) in [5.74, 6) is 0.811. The van der Waals surface area contributed by atoms with Crippen LogP contribution >= 0.6 is 23.1 Å². The Labute approximate surface area is 137 Å². The lowest BCUT2D eigenvalue weighted by Crippen LogP contribution is -2.10. The summed E-state index contributed by atoms with van der Waals surface area (Å²) in [4.78, 5) is 17.2. The van der Waals surface area contributed by atoms with Crippen molar-refractivity contribution in [1.29, 1.82) is 0 Å². The fraction of sp³-hybridized carbons (Fsp3) is 0.0588. The van der Waals surface area contributed by atoms with Crippen LogP contribution in [-0.4, -0.2) is 10.9 Å². The molecule has 0 spiro atoms. The van der Waals surface area contributed by atoms with Crippen molar-refractivity contribution < 1.29 is 4.79 Å². The van der Waals surface area contributed by atoms with E-state index in [-0.39, 0.29) is 5.91 Å². The van der Waals surface area contributed by atoms with Crippen LogP contribution in [0.2, 0.25) is 0 Å². The zero-order valence-corrected chi connectivity index (χ0v) is 13.4. The first-order chi connectivity index (χ1) is 10.8. The van der Waals surface area contributed by atoms with Crippen LogP contribution in [0.15, 0.2) is 70.5 Å². The van der Waals surface area contributed by atoms with Gasteiger partial charge in [-0.15, -0.1) is 11.8 Å². The number of anilines is 1. The van der Waals surface area contributed by atoms with Gasteiger partial charge in [-0.05, 0) is 47.3 Å². The lowest BCUT2D eigenvalue weighted by molar-refractivity contribution is 0.102. The molecule has 1 aromatic carbocycles. The zero-order valence-electron chi connectivity index (χ0n) is 11.7. The molecule has 0 unspecified atom stereocenters. The maximum Gasteiger partial charge on any atom is 0.256 e. The highest BCUT2D eigenvalue weighted by molar-refractivity contribution is 7.98. The smallest absolute Gasteiger partial charge is 0.256 e. The van der Waals surface area contributed by atoms with Gasteiger partial charge in [0, 0.05) is 34.1 Å². The Morgan fingerprint density at radius 3 is 2.73 bits per heavy atom. The van der Waals surface area contributed by atoms with Gasteiger partial charge < -0.3 is 5.32 Å². The van der Waals surface area contributed by atoms with Crippen LogP contribution < -0.4 is 5.32 Å². The van der Waals surface area contributed by atoms with Crippen LogP contribution in [0.25, 0.3) is 0 Å². The highest BCUT2D eigenvalue weighted by Crippen LogP contribution is 2.24. The van der Waals surface area contributed by atoms with E-state index in [1.165, 1.54) is 16.9 Å². The maximum atomic E-state index is 12.0. The third-order valence-corrected chi connectivity index (χ3v) is 4.79. The number of thioether (sulfide) groups is 1. The number of thiophene rings is 1. The Morgan fingerprint density at radius 1 is 1.18 bits per heavy atom. The van der Waals surface area contributed by atoms with Gasteiger partial charge in [0.25, 0.3) is 5.91 Å². The summed E-state index contributed by atoms with van der Waals surface area (Å²) in [5, 5.41) is 6.63. The van der Waals surface area contributed by atoms with E-state index in [1.807, 2.05) is 53.4 Å².